The van der Waals surface area contributed by atoms with Crippen LogP contribution in [0.5, 0.6) is 0 Å². The summed E-state index contributed by atoms with van der Waals surface area (Å²) in [7, 11) is 0. The van der Waals surface area contributed by atoms with E-state index in [1.54, 1.807) is 12.1 Å². The van der Waals surface area contributed by atoms with Crippen molar-refractivity contribution in [1.82, 2.24) is 5.32 Å². The topological polar surface area (TPSA) is 72.5 Å². The van der Waals surface area contributed by atoms with Crippen LogP contribution in [0.4, 0.5) is 0 Å². The number of benzene rings is 2. The maximum atomic E-state index is 12.2. The monoisotopic (exact) mass is 381 g/mol. The smallest absolute Gasteiger partial charge is 0.338 e. The van der Waals surface area contributed by atoms with Crippen LogP contribution in [0.15, 0.2) is 54.6 Å². The maximum absolute atomic E-state index is 12.2. The van der Waals surface area contributed by atoms with E-state index in [0.717, 1.165) is 11.1 Å². The minimum absolute atomic E-state index is 0.0111. The Morgan fingerprint density at radius 2 is 1.57 bits per heavy atom. The number of Topliss-reactive ketones (excluding diaryl/α,β-unsaturated/α-hetero) is 1. The highest BCUT2D eigenvalue weighted by Crippen LogP contribution is 2.22. The van der Waals surface area contributed by atoms with Gasteiger partial charge in [0.25, 0.3) is 5.91 Å². The third-order valence-corrected chi connectivity index (χ3v) is 4.43. The minimum Gasteiger partial charge on any atom is -0.452 e. The minimum atomic E-state index is -0.653. The molecule has 0 bridgehead atoms. The largest absolute Gasteiger partial charge is 0.452 e. The SMILES string of the molecule is CC(=O)[C@H](Cc1ccccc1)NC(=O)COC(=O)c1ccc(C(C)(C)C)cc1. The van der Waals surface area contributed by atoms with Crippen molar-refractivity contribution >= 4 is 17.7 Å². The van der Waals surface area contributed by atoms with E-state index < -0.39 is 24.5 Å². The van der Waals surface area contributed by atoms with E-state index in [2.05, 4.69) is 26.1 Å². The van der Waals surface area contributed by atoms with Crippen molar-refractivity contribution < 1.29 is 19.1 Å². The highest BCUT2D eigenvalue weighted by molar-refractivity contribution is 5.92. The van der Waals surface area contributed by atoms with Gasteiger partial charge in [0.05, 0.1) is 11.6 Å². The van der Waals surface area contributed by atoms with Crippen molar-refractivity contribution in [3.63, 3.8) is 0 Å². The summed E-state index contributed by atoms with van der Waals surface area (Å²) in [5.41, 5.74) is 2.42. The van der Waals surface area contributed by atoms with E-state index in [-0.39, 0.29) is 11.2 Å². The lowest BCUT2D eigenvalue weighted by atomic mass is 9.87. The van der Waals surface area contributed by atoms with E-state index >= 15 is 0 Å². The van der Waals surface area contributed by atoms with Crippen LogP contribution in [0.1, 0.15) is 49.2 Å². The summed E-state index contributed by atoms with van der Waals surface area (Å²) in [5, 5.41) is 2.64. The van der Waals surface area contributed by atoms with Gasteiger partial charge in [-0.2, -0.15) is 0 Å². The Morgan fingerprint density at radius 1 is 0.964 bits per heavy atom. The molecule has 5 nitrogen and oxygen atoms in total. The first-order chi connectivity index (χ1) is 13.2. The number of ether oxygens (including phenoxy) is 1. The Morgan fingerprint density at radius 3 is 2.11 bits per heavy atom. The summed E-state index contributed by atoms with van der Waals surface area (Å²) < 4.78 is 5.08. The van der Waals surface area contributed by atoms with E-state index in [1.807, 2.05) is 42.5 Å². The van der Waals surface area contributed by atoms with Crippen molar-refractivity contribution in [2.75, 3.05) is 6.61 Å². The van der Waals surface area contributed by atoms with Gasteiger partial charge in [-0.25, -0.2) is 4.79 Å². The number of carbonyl (C=O) groups excluding carboxylic acids is 3. The molecule has 0 aliphatic rings. The first-order valence-corrected chi connectivity index (χ1v) is 9.28. The van der Waals surface area contributed by atoms with Crippen LogP contribution in [-0.4, -0.2) is 30.3 Å². The second-order valence-electron chi connectivity index (χ2n) is 7.82. The van der Waals surface area contributed by atoms with E-state index in [1.165, 1.54) is 6.92 Å². The van der Waals surface area contributed by atoms with Crippen LogP contribution >= 0.6 is 0 Å². The van der Waals surface area contributed by atoms with Crippen molar-refractivity contribution in [1.29, 1.82) is 0 Å². The number of ketones is 1. The highest BCUT2D eigenvalue weighted by Gasteiger charge is 2.19. The van der Waals surface area contributed by atoms with Gasteiger partial charge < -0.3 is 10.1 Å². The van der Waals surface area contributed by atoms with Gasteiger partial charge in [0, 0.05) is 0 Å². The molecule has 1 amide bonds. The summed E-state index contributed by atoms with van der Waals surface area (Å²) in [6.07, 6.45) is 0.393. The molecule has 148 valence electrons. The highest BCUT2D eigenvalue weighted by atomic mass is 16.5. The van der Waals surface area contributed by atoms with E-state index in [9.17, 15) is 14.4 Å². The molecular weight excluding hydrogens is 354 g/mol. The predicted molar refractivity (Wildman–Crippen MR) is 108 cm³/mol. The molecule has 0 saturated carbocycles. The summed E-state index contributed by atoms with van der Waals surface area (Å²) in [4.78, 5) is 36.1. The maximum Gasteiger partial charge on any atom is 0.338 e. The molecular formula is C23H27NO4. The Labute approximate surface area is 166 Å². The van der Waals surface area contributed by atoms with Crippen LogP contribution in [0.3, 0.4) is 0 Å². The van der Waals surface area contributed by atoms with Gasteiger partial charge in [-0.15, -0.1) is 0 Å². The van der Waals surface area contributed by atoms with Gasteiger partial charge in [0.1, 0.15) is 0 Å². The molecule has 1 N–H and O–H groups in total. The van der Waals surface area contributed by atoms with Gasteiger partial charge >= 0.3 is 5.97 Å². The lowest BCUT2D eigenvalue weighted by Gasteiger charge is -2.19. The third kappa shape index (κ3) is 6.34. The zero-order chi connectivity index (χ0) is 20.7. The third-order valence-electron chi connectivity index (χ3n) is 4.43. The number of esters is 1. The average Bonchev–Trinajstić information content (AvgIpc) is 2.65. The summed E-state index contributed by atoms with van der Waals surface area (Å²) >= 11 is 0. The molecule has 2 aromatic carbocycles. The number of hydrogen-bond acceptors (Lipinski definition) is 4. The fraction of sp³-hybridized carbons (Fsp3) is 0.348. The molecule has 28 heavy (non-hydrogen) atoms. The Balaban J connectivity index is 1.89. The second kappa shape index (κ2) is 9.31. The van der Waals surface area contributed by atoms with Gasteiger partial charge in [-0.3, -0.25) is 9.59 Å². The molecule has 0 heterocycles. The molecule has 0 aromatic heterocycles. The summed E-state index contributed by atoms with van der Waals surface area (Å²) in [6, 6.07) is 15.9. The van der Waals surface area contributed by atoms with Crippen molar-refractivity contribution in [3.05, 3.63) is 71.3 Å². The number of nitrogens with one attached hydrogen (secondary N) is 1. The molecule has 0 radical (unpaired) electrons. The van der Waals surface area contributed by atoms with Crippen LogP contribution in [0.25, 0.3) is 0 Å². The molecule has 0 fully saturated rings. The molecule has 2 rings (SSSR count). The predicted octanol–water partition coefficient (Wildman–Crippen LogP) is 3.46. The Kier molecular flexibility index (Phi) is 7.10. The van der Waals surface area contributed by atoms with Crippen LogP contribution < -0.4 is 5.32 Å². The van der Waals surface area contributed by atoms with E-state index in [4.69, 9.17) is 4.74 Å². The zero-order valence-corrected chi connectivity index (χ0v) is 16.8. The second-order valence-corrected chi connectivity index (χ2v) is 7.82. The fourth-order valence-corrected chi connectivity index (χ4v) is 2.70. The molecule has 0 unspecified atom stereocenters. The average molecular weight is 381 g/mol. The first-order valence-electron chi connectivity index (χ1n) is 9.28. The van der Waals surface area contributed by atoms with E-state index in [0.29, 0.717) is 12.0 Å². The van der Waals surface area contributed by atoms with Gasteiger partial charge in [0.2, 0.25) is 0 Å². The number of carbonyl (C=O) groups is 3. The van der Waals surface area contributed by atoms with Crippen molar-refractivity contribution in [2.45, 2.75) is 45.6 Å². The van der Waals surface area contributed by atoms with Gasteiger partial charge in [-0.05, 0) is 42.0 Å². The van der Waals surface area contributed by atoms with Crippen LogP contribution in [0, 0.1) is 0 Å². The number of amides is 1. The number of rotatable bonds is 7. The fourth-order valence-electron chi connectivity index (χ4n) is 2.70. The molecule has 0 saturated heterocycles. The van der Waals surface area contributed by atoms with Gasteiger partial charge in [-0.1, -0.05) is 63.2 Å². The quantitative estimate of drug-likeness (QED) is 0.746. The molecule has 0 aliphatic heterocycles. The molecule has 1 atom stereocenters. The standard InChI is InChI=1S/C23H27NO4/c1-16(25)20(14-17-8-6-5-7-9-17)24-21(26)15-28-22(27)18-10-12-19(13-11-18)23(2,3)4/h5-13,20H,14-15H2,1-4H3,(H,24,26)/t20-/m0/s1. The lowest BCUT2D eigenvalue weighted by Crippen LogP contribution is -2.43. The zero-order valence-electron chi connectivity index (χ0n) is 16.8. The molecule has 2 aromatic rings. The molecule has 0 spiro atoms. The van der Waals surface area contributed by atoms with Crippen LogP contribution in [-0.2, 0) is 26.2 Å². The molecule has 0 aliphatic carbocycles. The van der Waals surface area contributed by atoms with Crippen LogP contribution in [0.2, 0.25) is 0 Å². The molecule has 5 heteroatoms. The summed E-state index contributed by atoms with van der Waals surface area (Å²) in [6.45, 7) is 7.26. The summed E-state index contributed by atoms with van der Waals surface area (Å²) in [5.74, 6) is -1.23. The van der Waals surface area contributed by atoms with Crippen molar-refractivity contribution in [3.8, 4) is 0 Å². The van der Waals surface area contributed by atoms with Gasteiger partial charge in [0.15, 0.2) is 12.4 Å². The number of hydrogen-bond donors (Lipinski definition) is 1. The Hall–Kier alpha value is -2.95. The normalized spacial score (nSPS) is 12.1. The first kappa shape index (κ1) is 21.4. The Bertz CT molecular complexity index is 820. The lowest BCUT2D eigenvalue weighted by molar-refractivity contribution is -0.128. The van der Waals surface area contributed by atoms with Crippen molar-refractivity contribution in [2.24, 2.45) is 0 Å².